The molecule has 0 spiro atoms. The third-order valence-corrected chi connectivity index (χ3v) is 10.2. The molecule has 4 heterocycles. The van der Waals surface area contributed by atoms with Gasteiger partial charge in [-0.2, -0.15) is 4.31 Å². The fourth-order valence-electron chi connectivity index (χ4n) is 5.93. The fourth-order valence-corrected chi connectivity index (χ4v) is 7.49. The second-order valence-electron chi connectivity index (χ2n) is 11.8. The zero-order valence-electron chi connectivity index (χ0n) is 23.0. The van der Waals surface area contributed by atoms with Crippen LogP contribution in [0.3, 0.4) is 0 Å². The minimum Gasteiger partial charge on any atom is -0.491 e. The Kier molecular flexibility index (Phi) is 6.92. The number of ether oxygens (including phenoxy) is 1. The molecule has 0 radical (unpaired) electrons. The molecule has 0 bridgehead atoms. The van der Waals surface area contributed by atoms with Crippen LogP contribution in [0, 0.1) is 5.41 Å². The Labute approximate surface area is 235 Å². The van der Waals surface area contributed by atoms with Gasteiger partial charge in [0.1, 0.15) is 35.2 Å². The molecule has 10 nitrogen and oxygen atoms in total. The lowest BCUT2D eigenvalue weighted by Gasteiger charge is -2.33. The maximum Gasteiger partial charge on any atom is 0.246 e. The first kappa shape index (κ1) is 26.9. The van der Waals surface area contributed by atoms with E-state index in [1.807, 2.05) is 18.2 Å². The number of benzene rings is 1. The first-order valence-corrected chi connectivity index (χ1v) is 15.3. The van der Waals surface area contributed by atoms with Crippen molar-refractivity contribution in [3.63, 3.8) is 0 Å². The van der Waals surface area contributed by atoms with E-state index in [4.69, 9.17) is 15.5 Å². The standard InChI is InChI=1S/C29H36N6O4S/c1-29(2)8-5-24-23(15-29)28(33-18-32-24)34-11-12-39-25-4-3-19(13-21(25)17-34)20-14-26(27(30)31-16-20)40(37,38)35-9-6-22(36)7-10-35/h3-4,13-14,16,18,22,36H,5-12,15,17H2,1-2H3,(H2,30,31). The summed E-state index contributed by atoms with van der Waals surface area (Å²) in [4.78, 5) is 15.8. The Bertz CT molecular complexity index is 1540. The Morgan fingerprint density at radius 1 is 1.07 bits per heavy atom. The summed E-state index contributed by atoms with van der Waals surface area (Å²) in [6.07, 6.45) is 6.60. The van der Waals surface area contributed by atoms with Gasteiger partial charge in [0.15, 0.2) is 0 Å². The van der Waals surface area contributed by atoms with Crippen LogP contribution in [0.4, 0.5) is 11.6 Å². The molecule has 1 aliphatic carbocycles. The van der Waals surface area contributed by atoms with Crippen molar-refractivity contribution in [1.29, 1.82) is 0 Å². The van der Waals surface area contributed by atoms with Crippen molar-refractivity contribution in [3.05, 3.63) is 53.6 Å². The van der Waals surface area contributed by atoms with Crippen LogP contribution in [0.25, 0.3) is 11.1 Å². The molecule has 6 rings (SSSR count). The second-order valence-corrected chi connectivity index (χ2v) is 13.7. The number of aryl methyl sites for hydroxylation is 1. The summed E-state index contributed by atoms with van der Waals surface area (Å²) in [7, 11) is -3.85. The van der Waals surface area contributed by atoms with Gasteiger partial charge in [-0.15, -0.1) is 0 Å². The van der Waals surface area contributed by atoms with Crippen molar-refractivity contribution >= 4 is 21.7 Å². The molecule has 212 valence electrons. The van der Waals surface area contributed by atoms with Crippen molar-refractivity contribution in [3.8, 4) is 16.9 Å². The highest BCUT2D eigenvalue weighted by atomic mass is 32.2. The molecule has 40 heavy (non-hydrogen) atoms. The van der Waals surface area contributed by atoms with Gasteiger partial charge in [0.25, 0.3) is 0 Å². The van der Waals surface area contributed by atoms with Gasteiger partial charge >= 0.3 is 0 Å². The largest absolute Gasteiger partial charge is 0.491 e. The first-order chi connectivity index (χ1) is 19.1. The van der Waals surface area contributed by atoms with Gasteiger partial charge in [0.05, 0.1) is 12.6 Å². The number of fused-ring (bicyclic) bond motifs is 2. The predicted molar refractivity (Wildman–Crippen MR) is 152 cm³/mol. The number of aliphatic hydroxyl groups excluding tert-OH is 1. The van der Waals surface area contributed by atoms with Crippen LogP contribution in [-0.2, 0) is 29.4 Å². The number of nitrogen functional groups attached to an aromatic ring is 1. The maximum atomic E-state index is 13.4. The number of anilines is 2. The summed E-state index contributed by atoms with van der Waals surface area (Å²) in [5.74, 6) is 1.74. The highest BCUT2D eigenvalue weighted by Crippen LogP contribution is 2.39. The molecule has 1 aromatic carbocycles. The number of sulfonamides is 1. The summed E-state index contributed by atoms with van der Waals surface area (Å²) in [5.41, 5.74) is 11.1. The third kappa shape index (κ3) is 5.13. The van der Waals surface area contributed by atoms with E-state index < -0.39 is 16.1 Å². The normalized spacial score (nSPS) is 19.8. The number of rotatable bonds is 4. The monoisotopic (exact) mass is 564 g/mol. The van der Waals surface area contributed by atoms with E-state index >= 15 is 0 Å². The lowest BCUT2D eigenvalue weighted by molar-refractivity contribution is 0.113. The molecule has 2 aliphatic heterocycles. The number of nitrogens with two attached hydrogens (primary N) is 1. The van der Waals surface area contributed by atoms with Crippen molar-refractivity contribution < 1.29 is 18.3 Å². The van der Waals surface area contributed by atoms with Crippen molar-refractivity contribution in [2.24, 2.45) is 5.41 Å². The maximum absolute atomic E-state index is 13.4. The molecular formula is C29H36N6O4S. The van der Waals surface area contributed by atoms with Crippen molar-refractivity contribution in [2.45, 2.75) is 63.5 Å². The number of hydrogen-bond acceptors (Lipinski definition) is 9. The highest BCUT2D eigenvalue weighted by Gasteiger charge is 2.32. The summed E-state index contributed by atoms with van der Waals surface area (Å²) in [5, 5.41) is 9.82. The molecule has 0 amide bonds. The summed E-state index contributed by atoms with van der Waals surface area (Å²) in [6, 6.07) is 7.49. The van der Waals surface area contributed by atoms with Gasteiger partial charge in [0.2, 0.25) is 10.0 Å². The highest BCUT2D eigenvalue weighted by molar-refractivity contribution is 7.89. The second kappa shape index (κ2) is 10.3. The zero-order chi connectivity index (χ0) is 28.1. The molecule has 11 heteroatoms. The minimum atomic E-state index is -3.85. The van der Waals surface area contributed by atoms with E-state index in [9.17, 15) is 13.5 Å². The van der Waals surface area contributed by atoms with Crippen LogP contribution in [0.5, 0.6) is 5.75 Å². The molecule has 3 aliphatic rings. The Balaban J connectivity index is 1.32. The van der Waals surface area contributed by atoms with Crippen LogP contribution >= 0.6 is 0 Å². The Hall–Kier alpha value is -3.28. The molecule has 1 fully saturated rings. The lowest BCUT2D eigenvalue weighted by Crippen LogP contribution is -2.40. The first-order valence-electron chi connectivity index (χ1n) is 13.9. The number of pyridine rings is 1. The van der Waals surface area contributed by atoms with Crippen molar-refractivity contribution in [2.75, 3.05) is 36.9 Å². The smallest absolute Gasteiger partial charge is 0.246 e. The summed E-state index contributed by atoms with van der Waals surface area (Å²) in [6.45, 7) is 6.94. The zero-order valence-corrected chi connectivity index (χ0v) is 23.8. The molecule has 0 unspecified atom stereocenters. The number of hydrogen-bond donors (Lipinski definition) is 2. The Morgan fingerprint density at radius 3 is 2.67 bits per heavy atom. The van der Waals surface area contributed by atoms with E-state index in [-0.39, 0.29) is 29.2 Å². The van der Waals surface area contributed by atoms with Gasteiger partial charge in [-0.3, -0.25) is 0 Å². The quantitative estimate of drug-likeness (QED) is 0.490. The Morgan fingerprint density at radius 2 is 1.88 bits per heavy atom. The molecule has 2 aromatic heterocycles. The number of aliphatic hydroxyl groups is 1. The summed E-state index contributed by atoms with van der Waals surface area (Å²) < 4.78 is 34.3. The minimum absolute atomic E-state index is 0.00978. The predicted octanol–water partition coefficient (Wildman–Crippen LogP) is 3.18. The van der Waals surface area contributed by atoms with Gasteiger partial charge in [-0.25, -0.2) is 23.4 Å². The van der Waals surface area contributed by atoms with E-state index in [0.717, 1.165) is 47.7 Å². The third-order valence-electron chi connectivity index (χ3n) is 8.30. The van der Waals surface area contributed by atoms with E-state index in [0.29, 0.717) is 38.1 Å². The SMILES string of the molecule is CC1(C)CCc2ncnc(N3CCOc4ccc(-c5cnc(N)c(S(=O)(=O)N6CCC(O)CC6)c5)cc4C3)c2C1. The average molecular weight is 565 g/mol. The fraction of sp³-hybridized carbons (Fsp3) is 0.483. The van der Waals surface area contributed by atoms with Gasteiger partial charge in [-0.05, 0) is 61.3 Å². The molecule has 0 atom stereocenters. The van der Waals surface area contributed by atoms with Crippen LogP contribution in [0.2, 0.25) is 0 Å². The number of aromatic nitrogens is 3. The van der Waals surface area contributed by atoms with E-state index in [2.05, 4.69) is 28.7 Å². The molecule has 3 N–H and O–H groups in total. The number of nitrogens with zero attached hydrogens (tertiary/aromatic N) is 5. The van der Waals surface area contributed by atoms with Crippen LogP contribution in [0.1, 0.15) is 49.9 Å². The number of piperidine rings is 1. The van der Waals surface area contributed by atoms with Crippen LogP contribution < -0.4 is 15.4 Å². The van der Waals surface area contributed by atoms with Gasteiger partial charge < -0.3 is 20.5 Å². The van der Waals surface area contributed by atoms with Crippen LogP contribution in [0.15, 0.2) is 41.7 Å². The molecular weight excluding hydrogens is 528 g/mol. The van der Waals surface area contributed by atoms with E-state index in [1.165, 1.54) is 9.87 Å². The van der Waals surface area contributed by atoms with E-state index in [1.54, 1.807) is 18.6 Å². The lowest BCUT2D eigenvalue weighted by atomic mass is 9.76. The topological polar surface area (TPSA) is 135 Å². The average Bonchev–Trinajstić information content (AvgIpc) is 3.14. The summed E-state index contributed by atoms with van der Waals surface area (Å²) >= 11 is 0. The van der Waals surface area contributed by atoms with Crippen molar-refractivity contribution in [1.82, 2.24) is 19.3 Å². The molecule has 0 saturated carbocycles. The van der Waals surface area contributed by atoms with Gasteiger partial charge in [-0.1, -0.05) is 19.9 Å². The molecule has 3 aromatic rings. The van der Waals surface area contributed by atoms with Gasteiger partial charge in [0, 0.05) is 48.2 Å². The van der Waals surface area contributed by atoms with Crippen LogP contribution in [-0.4, -0.2) is 65.1 Å². The molecule has 1 saturated heterocycles.